The number of pyridine rings is 1. The first kappa shape index (κ1) is 31.1. The van der Waals surface area contributed by atoms with Gasteiger partial charge in [0, 0.05) is 43.6 Å². The van der Waals surface area contributed by atoms with E-state index in [1.165, 1.54) is 6.92 Å². The topological polar surface area (TPSA) is 102 Å². The Bertz CT molecular complexity index is 1660. The summed E-state index contributed by atoms with van der Waals surface area (Å²) in [4.78, 5) is 18.0. The molecule has 3 fully saturated rings. The van der Waals surface area contributed by atoms with Crippen LogP contribution in [-0.2, 0) is 0 Å². The largest absolute Gasteiger partial charge is 0.472 e. The number of fused-ring (bicyclic) bond motifs is 3. The molecule has 7 rings (SSSR count). The van der Waals surface area contributed by atoms with Gasteiger partial charge in [0.1, 0.15) is 47.1 Å². The lowest BCUT2D eigenvalue weighted by Gasteiger charge is -2.42. The standard InChI is InChI=1S/C32H38F5N7O2/c1-4-18-13-44-23(11-39-18)16(3)46-30-24-27(25(35)26(40-30)20-9-22(38)21(34)8-19(20)15(2)28(36)37)41-31(42-29(24)44)45-14-32-6-5-7-43(32)12-17(33)10-32/h8-9,15-18,23,28,39H,4-7,10-14,38H2,1-3H3/t15-,16+,17-,18-,23+,32+/m1/s1. The zero-order chi connectivity index (χ0) is 32.5. The molecule has 6 heterocycles. The lowest BCUT2D eigenvalue weighted by Crippen LogP contribution is -2.60. The number of hydrogen-bond donors (Lipinski definition) is 2. The molecule has 0 saturated carbocycles. The molecule has 4 aliphatic heterocycles. The Morgan fingerprint density at radius 2 is 2.00 bits per heavy atom. The second-order valence-electron chi connectivity index (χ2n) is 13.1. The average Bonchev–Trinajstić information content (AvgIpc) is 3.53. The van der Waals surface area contributed by atoms with E-state index < -0.39 is 41.8 Å². The first-order valence-electron chi connectivity index (χ1n) is 16.0. The number of aromatic nitrogens is 3. The lowest BCUT2D eigenvalue weighted by molar-refractivity contribution is 0.107. The summed E-state index contributed by atoms with van der Waals surface area (Å²) in [6, 6.07) is 1.84. The first-order chi connectivity index (χ1) is 22.0. The van der Waals surface area contributed by atoms with Gasteiger partial charge in [0.15, 0.2) is 5.82 Å². The maximum atomic E-state index is 16.9. The molecule has 0 amide bonds. The fourth-order valence-corrected chi connectivity index (χ4v) is 7.64. The van der Waals surface area contributed by atoms with Crippen molar-refractivity contribution in [2.45, 2.75) is 88.7 Å². The molecular weight excluding hydrogens is 609 g/mol. The summed E-state index contributed by atoms with van der Waals surface area (Å²) in [5.41, 5.74) is 4.27. The fourth-order valence-electron chi connectivity index (χ4n) is 7.64. The monoisotopic (exact) mass is 647 g/mol. The molecule has 0 radical (unpaired) electrons. The molecule has 1 aromatic carbocycles. The summed E-state index contributed by atoms with van der Waals surface area (Å²) in [5, 5.41) is 3.75. The number of nitrogens with zero attached hydrogens (tertiary/aromatic N) is 5. The Kier molecular flexibility index (Phi) is 7.86. The number of nitrogen functional groups attached to an aromatic ring is 1. The summed E-state index contributed by atoms with van der Waals surface area (Å²) in [5.74, 6) is -2.86. The van der Waals surface area contributed by atoms with Crippen LogP contribution in [0.4, 0.5) is 33.5 Å². The summed E-state index contributed by atoms with van der Waals surface area (Å²) >= 11 is 0. The van der Waals surface area contributed by atoms with Crippen molar-refractivity contribution in [3.63, 3.8) is 0 Å². The number of piperazine rings is 1. The van der Waals surface area contributed by atoms with Crippen LogP contribution < -0.4 is 25.4 Å². The van der Waals surface area contributed by atoms with Gasteiger partial charge in [-0.2, -0.15) is 9.97 Å². The van der Waals surface area contributed by atoms with Crippen LogP contribution in [-0.4, -0.2) is 89.0 Å². The van der Waals surface area contributed by atoms with Crippen molar-refractivity contribution < 1.29 is 31.4 Å². The molecule has 3 saturated heterocycles. The molecule has 3 N–H and O–H groups in total. The van der Waals surface area contributed by atoms with Gasteiger partial charge < -0.3 is 25.4 Å². The van der Waals surface area contributed by atoms with Gasteiger partial charge in [-0.1, -0.05) is 13.8 Å². The van der Waals surface area contributed by atoms with Gasteiger partial charge in [0.25, 0.3) is 0 Å². The molecule has 2 aromatic heterocycles. The van der Waals surface area contributed by atoms with Gasteiger partial charge in [0.2, 0.25) is 12.3 Å². The predicted octanol–water partition coefficient (Wildman–Crippen LogP) is 5.21. The van der Waals surface area contributed by atoms with Crippen molar-refractivity contribution in [1.82, 2.24) is 25.2 Å². The number of halogens is 5. The fraction of sp³-hybridized carbons (Fsp3) is 0.594. The maximum Gasteiger partial charge on any atom is 0.319 e. The quantitative estimate of drug-likeness (QED) is 0.264. The van der Waals surface area contributed by atoms with E-state index in [4.69, 9.17) is 20.2 Å². The van der Waals surface area contributed by atoms with Crippen LogP contribution in [0.2, 0.25) is 0 Å². The van der Waals surface area contributed by atoms with E-state index in [9.17, 15) is 17.6 Å². The van der Waals surface area contributed by atoms with E-state index in [-0.39, 0.29) is 64.0 Å². The smallest absolute Gasteiger partial charge is 0.319 e. The van der Waals surface area contributed by atoms with Gasteiger partial charge in [0.05, 0.1) is 17.3 Å². The third-order valence-corrected chi connectivity index (χ3v) is 10.3. The highest BCUT2D eigenvalue weighted by molar-refractivity contribution is 5.97. The van der Waals surface area contributed by atoms with Crippen LogP contribution >= 0.6 is 0 Å². The maximum absolute atomic E-state index is 16.9. The molecule has 9 nitrogen and oxygen atoms in total. The number of hydrogen-bond acceptors (Lipinski definition) is 9. The number of ether oxygens (including phenoxy) is 2. The summed E-state index contributed by atoms with van der Waals surface area (Å²) in [7, 11) is 0. The van der Waals surface area contributed by atoms with Crippen LogP contribution in [0.25, 0.3) is 22.2 Å². The lowest BCUT2D eigenvalue weighted by atomic mass is 9.92. The molecule has 0 spiro atoms. The number of anilines is 2. The van der Waals surface area contributed by atoms with E-state index in [1.807, 2.05) is 6.92 Å². The van der Waals surface area contributed by atoms with Crippen molar-refractivity contribution >= 4 is 22.4 Å². The normalized spacial score (nSPS) is 28.2. The molecular formula is C32H38F5N7O2. The molecule has 0 bridgehead atoms. The van der Waals surface area contributed by atoms with Gasteiger partial charge in [-0.05, 0) is 50.4 Å². The second-order valence-corrected chi connectivity index (χ2v) is 13.1. The molecule has 248 valence electrons. The Labute approximate surface area is 263 Å². The number of alkyl halides is 3. The Balaban J connectivity index is 1.42. The van der Waals surface area contributed by atoms with E-state index in [2.05, 4.69) is 32.0 Å². The van der Waals surface area contributed by atoms with E-state index in [0.717, 1.165) is 37.9 Å². The highest BCUT2D eigenvalue weighted by Crippen LogP contribution is 2.45. The number of nitrogens with one attached hydrogen (secondary N) is 1. The summed E-state index contributed by atoms with van der Waals surface area (Å²) in [6.07, 6.45) is -1.40. The van der Waals surface area contributed by atoms with Gasteiger partial charge >= 0.3 is 6.01 Å². The Morgan fingerprint density at radius 1 is 1.20 bits per heavy atom. The van der Waals surface area contributed by atoms with E-state index >= 15 is 4.39 Å². The molecule has 46 heavy (non-hydrogen) atoms. The number of nitrogens with two attached hydrogens (primary N) is 1. The highest BCUT2D eigenvalue weighted by Gasteiger charge is 2.49. The van der Waals surface area contributed by atoms with Crippen molar-refractivity contribution in [1.29, 1.82) is 0 Å². The minimum Gasteiger partial charge on any atom is -0.472 e. The van der Waals surface area contributed by atoms with Crippen molar-refractivity contribution in [2.24, 2.45) is 0 Å². The van der Waals surface area contributed by atoms with Crippen molar-refractivity contribution in [2.75, 3.05) is 43.4 Å². The molecule has 3 aromatic rings. The zero-order valence-electron chi connectivity index (χ0n) is 26.0. The van der Waals surface area contributed by atoms with Crippen LogP contribution in [0.3, 0.4) is 0 Å². The second kappa shape index (κ2) is 11.6. The Morgan fingerprint density at radius 3 is 2.76 bits per heavy atom. The molecule has 4 aliphatic rings. The molecule has 6 atom stereocenters. The average molecular weight is 648 g/mol. The predicted molar refractivity (Wildman–Crippen MR) is 163 cm³/mol. The minimum atomic E-state index is -2.86. The third-order valence-electron chi connectivity index (χ3n) is 10.3. The van der Waals surface area contributed by atoms with Crippen LogP contribution in [0.15, 0.2) is 12.1 Å². The van der Waals surface area contributed by atoms with E-state index in [1.54, 1.807) is 0 Å². The molecule has 14 heteroatoms. The van der Waals surface area contributed by atoms with Gasteiger partial charge in [-0.25, -0.2) is 26.9 Å². The minimum absolute atomic E-state index is 0.0260. The summed E-state index contributed by atoms with van der Waals surface area (Å²) in [6.45, 7) is 7.53. The van der Waals surface area contributed by atoms with Crippen molar-refractivity contribution in [3.05, 3.63) is 29.3 Å². The van der Waals surface area contributed by atoms with Crippen LogP contribution in [0.5, 0.6) is 11.9 Å². The molecule has 0 aliphatic carbocycles. The highest BCUT2D eigenvalue weighted by atomic mass is 19.3. The zero-order valence-corrected chi connectivity index (χ0v) is 26.0. The van der Waals surface area contributed by atoms with Crippen LogP contribution in [0.1, 0.15) is 57.9 Å². The van der Waals surface area contributed by atoms with Gasteiger partial charge in [-0.3, -0.25) is 4.90 Å². The van der Waals surface area contributed by atoms with Crippen LogP contribution in [0, 0.1) is 11.6 Å². The Hall–Kier alpha value is -3.52. The van der Waals surface area contributed by atoms with Crippen molar-refractivity contribution in [3.8, 4) is 23.1 Å². The number of benzene rings is 1. The molecule has 0 unspecified atom stereocenters. The number of rotatable bonds is 7. The van der Waals surface area contributed by atoms with E-state index in [0.29, 0.717) is 31.9 Å². The van der Waals surface area contributed by atoms with Gasteiger partial charge in [-0.15, -0.1) is 0 Å². The summed E-state index contributed by atoms with van der Waals surface area (Å²) < 4.78 is 86.4. The first-order valence-corrected chi connectivity index (χ1v) is 16.0. The third kappa shape index (κ3) is 5.08. The SMILES string of the molecule is CC[C@@H]1CN2c3nc(OC[C@@]45CCCN4C[C@H](F)C5)nc4c(F)c(-c5cc(N)c(F)cc5[C@@H](C)C(F)F)nc(c34)O[C@@H](C)[C@@H]2CN1.